The first-order chi connectivity index (χ1) is 8.42. The van der Waals surface area contributed by atoms with Gasteiger partial charge in [0.1, 0.15) is 12.4 Å². The van der Waals surface area contributed by atoms with E-state index in [0.717, 1.165) is 17.0 Å². The molecule has 2 nitrogen and oxygen atoms in total. The Morgan fingerprint density at radius 2 is 1.88 bits per heavy atom. The monoisotopic (exact) mass is 222 g/mol. The molecule has 1 heterocycles. The van der Waals surface area contributed by atoms with Crippen molar-refractivity contribution in [2.45, 2.75) is 6.61 Å². The van der Waals surface area contributed by atoms with Gasteiger partial charge in [-0.25, -0.2) is 0 Å². The van der Waals surface area contributed by atoms with E-state index in [4.69, 9.17) is 4.74 Å². The molecule has 0 bridgehead atoms. The summed E-state index contributed by atoms with van der Waals surface area (Å²) in [5.74, 6) is 0.863. The Kier molecular flexibility index (Phi) is 2.54. The summed E-state index contributed by atoms with van der Waals surface area (Å²) in [6.07, 6.45) is 0. The number of benzene rings is 2. The summed E-state index contributed by atoms with van der Waals surface area (Å²) in [7, 11) is 0. The minimum Gasteiger partial charge on any atom is -0.487 e. The second kappa shape index (κ2) is 4.34. The number of aromatic amines is 1. The average molecular weight is 222 g/mol. The van der Waals surface area contributed by atoms with E-state index in [1.807, 2.05) is 36.4 Å². The number of ether oxygens (including phenoxy) is 1. The van der Waals surface area contributed by atoms with Crippen molar-refractivity contribution in [1.82, 2.24) is 4.98 Å². The molecule has 0 spiro atoms. The van der Waals surface area contributed by atoms with Crippen LogP contribution in [0, 0.1) is 6.07 Å². The third-order valence-corrected chi connectivity index (χ3v) is 2.67. The molecule has 0 saturated carbocycles. The molecule has 0 unspecified atom stereocenters. The highest BCUT2D eigenvalue weighted by Crippen LogP contribution is 2.16. The molecule has 0 aliphatic rings. The highest BCUT2D eigenvalue weighted by Gasteiger charge is 2.00. The fourth-order valence-electron chi connectivity index (χ4n) is 1.84. The topological polar surface area (TPSA) is 25.0 Å². The fraction of sp³-hybridized carbons (Fsp3) is 0.0667. The maximum atomic E-state index is 5.67. The number of nitrogens with one attached hydrogen (secondary N) is 1. The molecular formula is C15H12NO. The van der Waals surface area contributed by atoms with Gasteiger partial charge in [0.25, 0.3) is 0 Å². The Labute approximate surface area is 99.9 Å². The van der Waals surface area contributed by atoms with Gasteiger partial charge in [-0.05, 0) is 35.7 Å². The molecule has 3 aromatic rings. The van der Waals surface area contributed by atoms with Crippen molar-refractivity contribution in [2.75, 3.05) is 0 Å². The minimum atomic E-state index is 0.554. The first-order valence-electron chi connectivity index (χ1n) is 5.57. The lowest BCUT2D eigenvalue weighted by Crippen LogP contribution is -1.94. The van der Waals surface area contributed by atoms with Crippen molar-refractivity contribution in [1.29, 1.82) is 0 Å². The number of rotatable bonds is 3. The Hall–Kier alpha value is -2.22. The molecular weight excluding hydrogens is 210 g/mol. The van der Waals surface area contributed by atoms with Crippen molar-refractivity contribution in [3.63, 3.8) is 0 Å². The van der Waals surface area contributed by atoms with E-state index >= 15 is 0 Å². The van der Waals surface area contributed by atoms with Gasteiger partial charge in [0.2, 0.25) is 0 Å². The van der Waals surface area contributed by atoms with Crippen LogP contribution in [-0.2, 0) is 6.61 Å². The molecule has 17 heavy (non-hydrogen) atoms. The number of hydrogen-bond acceptors (Lipinski definition) is 1. The van der Waals surface area contributed by atoms with Crippen molar-refractivity contribution in [3.8, 4) is 5.75 Å². The summed E-state index contributed by atoms with van der Waals surface area (Å²) in [6.45, 7) is 0.554. The molecule has 0 saturated heterocycles. The zero-order valence-corrected chi connectivity index (χ0v) is 9.31. The minimum absolute atomic E-state index is 0.554. The quantitative estimate of drug-likeness (QED) is 0.720. The highest BCUT2D eigenvalue weighted by atomic mass is 16.5. The van der Waals surface area contributed by atoms with Gasteiger partial charge in [-0.15, -0.1) is 0 Å². The van der Waals surface area contributed by atoms with Gasteiger partial charge in [-0.2, -0.15) is 0 Å². The van der Waals surface area contributed by atoms with E-state index in [9.17, 15) is 0 Å². The maximum Gasteiger partial charge on any atom is 0.128 e. The van der Waals surface area contributed by atoms with Crippen LogP contribution in [0.5, 0.6) is 5.75 Å². The van der Waals surface area contributed by atoms with Crippen molar-refractivity contribution in [2.24, 2.45) is 0 Å². The van der Waals surface area contributed by atoms with Gasteiger partial charge >= 0.3 is 0 Å². The van der Waals surface area contributed by atoms with E-state index in [-0.39, 0.29) is 0 Å². The summed E-state index contributed by atoms with van der Waals surface area (Å²) in [4.78, 5) is 3.33. The molecule has 83 valence electrons. The Bertz CT molecular complexity index is 580. The van der Waals surface area contributed by atoms with Crippen LogP contribution in [-0.4, -0.2) is 4.98 Å². The molecule has 1 N–H and O–H groups in total. The molecule has 2 heteroatoms. The summed E-state index contributed by atoms with van der Waals surface area (Å²) in [5.41, 5.74) is 2.23. The number of H-pyrrole nitrogens is 1. The van der Waals surface area contributed by atoms with Crippen LogP contribution in [0.15, 0.2) is 54.6 Å². The van der Waals surface area contributed by atoms with E-state index in [2.05, 4.69) is 29.2 Å². The van der Waals surface area contributed by atoms with Gasteiger partial charge < -0.3 is 9.72 Å². The van der Waals surface area contributed by atoms with Gasteiger partial charge in [0.15, 0.2) is 0 Å². The lowest BCUT2D eigenvalue weighted by Gasteiger charge is -2.03. The zero-order valence-electron chi connectivity index (χ0n) is 9.31. The van der Waals surface area contributed by atoms with E-state index < -0.39 is 0 Å². The van der Waals surface area contributed by atoms with Gasteiger partial charge in [0, 0.05) is 5.52 Å². The normalized spacial score (nSPS) is 10.6. The standard InChI is InChI=1S/C15H12NO/c1-2-7-14(8-3-1)17-11-13-10-12-6-4-5-9-15(12)16-13/h2-10,16H,11H2. The van der Waals surface area contributed by atoms with Crippen LogP contribution in [0.25, 0.3) is 10.9 Å². The predicted octanol–water partition coefficient (Wildman–Crippen LogP) is 3.55. The predicted molar refractivity (Wildman–Crippen MR) is 67.9 cm³/mol. The van der Waals surface area contributed by atoms with E-state index in [0.29, 0.717) is 6.61 Å². The van der Waals surface area contributed by atoms with E-state index in [1.165, 1.54) is 5.39 Å². The summed E-state index contributed by atoms with van der Waals surface area (Å²) in [5, 5.41) is 1.22. The summed E-state index contributed by atoms with van der Waals surface area (Å²) >= 11 is 0. The first kappa shape index (κ1) is 9.97. The Balaban J connectivity index is 1.77. The fourth-order valence-corrected chi connectivity index (χ4v) is 1.84. The van der Waals surface area contributed by atoms with Crippen LogP contribution in [0.3, 0.4) is 0 Å². The number of aromatic nitrogens is 1. The lowest BCUT2D eigenvalue weighted by molar-refractivity contribution is 0.302. The van der Waals surface area contributed by atoms with Crippen LogP contribution in [0.1, 0.15) is 5.69 Å². The second-order valence-corrected chi connectivity index (χ2v) is 3.91. The van der Waals surface area contributed by atoms with Crippen molar-refractivity contribution in [3.05, 3.63) is 66.4 Å². The molecule has 0 fully saturated rings. The van der Waals surface area contributed by atoms with Crippen LogP contribution in [0.4, 0.5) is 0 Å². The first-order valence-corrected chi connectivity index (χ1v) is 5.57. The van der Waals surface area contributed by atoms with Crippen molar-refractivity contribution >= 4 is 10.9 Å². The highest BCUT2D eigenvalue weighted by molar-refractivity contribution is 5.80. The zero-order chi connectivity index (χ0) is 11.5. The third-order valence-electron chi connectivity index (χ3n) is 2.67. The lowest BCUT2D eigenvalue weighted by atomic mass is 10.2. The number of para-hydroxylation sites is 1. The Morgan fingerprint density at radius 3 is 2.71 bits per heavy atom. The molecule has 3 rings (SSSR count). The molecule has 0 amide bonds. The molecule has 0 atom stereocenters. The molecule has 1 radical (unpaired) electrons. The van der Waals surface area contributed by atoms with Crippen LogP contribution in [0.2, 0.25) is 0 Å². The number of hydrogen-bond donors (Lipinski definition) is 1. The third kappa shape index (κ3) is 2.16. The molecule has 0 aliphatic carbocycles. The molecule has 2 aromatic carbocycles. The van der Waals surface area contributed by atoms with Crippen LogP contribution < -0.4 is 4.74 Å². The molecule has 0 aliphatic heterocycles. The smallest absolute Gasteiger partial charge is 0.128 e. The molecule has 1 aromatic heterocycles. The van der Waals surface area contributed by atoms with Gasteiger partial charge in [-0.1, -0.05) is 30.3 Å². The Morgan fingerprint density at radius 1 is 1.06 bits per heavy atom. The van der Waals surface area contributed by atoms with Crippen molar-refractivity contribution < 1.29 is 4.74 Å². The van der Waals surface area contributed by atoms with E-state index in [1.54, 1.807) is 0 Å². The summed E-state index contributed by atoms with van der Waals surface area (Å²) in [6, 6.07) is 20.8. The second-order valence-electron chi connectivity index (χ2n) is 3.91. The number of fused-ring (bicyclic) bond motifs is 1. The van der Waals surface area contributed by atoms with Gasteiger partial charge in [-0.3, -0.25) is 0 Å². The largest absolute Gasteiger partial charge is 0.487 e. The summed E-state index contributed by atoms with van der Waals surface area (Å²) < 4.78 is 5.67. The SMILES string of the molecule is [c]1ccc(OCc2cc3ccccc3[nH]2)cc1. The average Bonchev–Trinajstić information content (AvgIpc) is 2.80. The van der Waals surface area contributed by atoms with Crippen LogP contribution >= 0.6 is 0 Å². The van der Waals surface area contributed by atoms with Gasteiger partial charge in [0.05, 0.1) is 5.69 Å². The maximum absolute atomic E-state index is 5.67.